The number of hydrogen-bond donors (Lipinski definition) is 1. The molecule has 8 nitrogen and oxygen atoms in total. The molecule has 11 heteroatoms. The van der Waals surface area contributed by atoms with Gasteiger partial charge in [0.2, 0.25) is 15.9 Å². The van der Waals surface area contributed by atoms with Crippen LogP contribution in [0, 0.1) is 12.8 Å². The molecule has 30 heavy (non-hydrogen) atoms. The van der Waals surface area contributed by atoms with Gasteiger partial charge in [0.05, 0.1) is 20.8 Å². The fourth-order valence-corrected chi connectivity index (χ4v) is 6.89. The smallest absolute Gasteiger partial charge is 0.302 e. The molecule has 0 radical (unpaired) electrons. The first-order valence-corrected chi connectivity index (χ1v) is 12.8. The average molecular weight is 467 g/mol. The second kappa shape index (κ2) is 8.22. The molecule has 0 spiro atoms. The van der Waals surface area contributed by atoms with Gasteiger partial charge >= 0.3 is 4.87 Å². The number of hydrogen-bond acceptors (Lipinski definition) is 7. The zero-order valence-electron chi connectivity index (χ0n) is 16.6. The van der Waals surface area contributed by atoms with E-state index in [0.29, 0.717) is 29.2 Å². The number of aryl methyl sites for hydroxylation is 2. The molecular weight excluding hydrogens is 444 g/mol. The maximum absolute atomic E-state index is 13.1. The number of nitrogens with zero attached hydrogens (tertiary/aromatic N) is 3. The molecular formula is C19H22N4O4S3. The van der Waals surface area contributed by atoms with Crippen molar-refractivity contribution < 1.29 is 13.2 Å². The Morgan fingerprint density at radius 1 is 1.30 bits per heavy atom. The standard InChI is InChI=1S/C19H22N4O4S3/c1-3-23-15-5-4-14(10-16(15)29-19(23)25)30(26,27)22-8-6-13(7-9-22)17(24)21-18-20-12(2)11-28-18/h4-5,10-11,13H,3,6-9H2,1-2H3,(H,20,21,24). The average Bonchev–Trinajstić information content (AvgIpc) is 3.28. The van der Waals surface area contributed by atoms with E-state index in [1.54, 1.807) is 22.8 Å². The van der Waals surface area contributed by atoms with Crippen LogP contribution < -0.4 is 10.2 Å². The Balaban J connectivity index is 1.46. The monoisotopic (exact) mass is 466 g/mol. The van der Waals surface area contributed by atoms with E-state index in [-0.39, 0.29) is 34.7 Å². The summed E-state index contributed by atoms with van der Waals surface area (Å²) >= 11 is 2.43. The number of piperidine rings is 1. The highest BCUT2D eigenvalue weighted by Crippen LogP contribution is 2.28. The predicted molar refractivity (Wildman–Crippen MR) is 119 cm³/mol. The lowest BCUT2D eigenvalue weighted by Gasteiger charge is -2.30. The van der Waals surface area contributed by atoms with Gasteiger partial charge in [-0.3, -0.25) is 14.2 Å². The van der Waals surface area contributed by atoms with Crippen LogP contribution in [0.3, 0.4) is 0 Å². The van der Waals surface area contributed by atoms with Gasteiger partial charge in [-0.25, -0.2) is 13.4 Å². The number of aromatic nitrogens is 2. The second-order valence-electron chi connectivity index (χ2n) is 7.20. The molecule has 0 aliphatic carbocycles. The number of sulfonamides is 1. The van der Waals surface area contributed by atoms with Gasteiger partial charge in [-0.2, -0.15) is 4.31 Å². The lowest BCUT2D eigenvalue weighted by molar-refractivity contribution is -0.120. The molecule has 0 saturated carbocycles. The van der Waals surface area contributed by atoms with Crippen molar-refractivity contribution in [2.75, 3.05) is 18.4 Å². The summed E-state index contributed by atoms with van der Waals surface area (Å²) in [7, 11) is -3.68. The van der Waals surface area contributed by atoms with Crippen LogP contribution in [-0.2, 0) is 21.4 Å². The van der Waals surface area contributed by atoms with Gasteiger partial charge in [0.15, 0.2) is 5.13 Å². The van der Waals surface area contributed by atoms with Gasteiger partial charge in [0, 0.05) is 30.9 Å². The molecule has 0 bridgehead atoms. The molecule has 4 rings (SSSR count). The molecule has 1 amide bonds. The summed E-state index contributed by atoms with van der Waals surface area (Å²) in [5.74, 6) is -0.361. The van der Waals surface area contributed by atoms with Crippen LogP contribution in [0.5, 0.6) is 0 Å². The fourth-order valence-electron chi connectivity index (χ4n) is 3.63. The predicted octanol–water partition coefficient (Wildman–Crippen LogP) is 2.89. The van der Waals surface area contributed by atoms with Crippen molar-refractivity contribution in [2.45, 2.75) is 38.1 Å². The molecule has 2 aromatic heterocycles. The number of thiazole rings is 2. The lowest BCUT2D eigenvalue weighted by atomic mass is 9.97. The zero-order chi connectivity index (χ0) is 21.5. The number of carbonyl (C=O) groups is 1. The molecule has 1 aliphatic heterocycles. The molecule has 3 heterocycles. The largest absolute Gasteiger partial charge is 0.308 e. The van der Waals surface area contributed by atoms with Gasteiger partial charge in [-0.1, -0.05) is 11.3 Å². The quantitative estimate of drug-likeness (QED) is 0.623. The Morgan fingerprint density at radius 3 is 2.67 bits per heavy atom. The SMILES string of the molecule is CCn1c(=O)sc2cc(S(=O)(=O)N3CCC(C(=O)Nc4nc(C)cs4)CC3)ccc21. The van der Waals surface area contributed by atoms with Gasteiger partial charge < -0.3 is 5.32 Å². The minimum absolute atomic E-state index is 0.0932. The van der Waals surface area contributed by atoms with Crippen LogP contribution in [0.15, 0.2) is 33.3 Å². The van der Waals surface area contributed by atoms with Gasteiger partial charge in [0.25, 0.3) is 0 Å². The topological polar surface area (TPSA) is 101 Å². The van der Waals surface area contributed by atoms with E-state index < -0.39 is 10.0 Å². The third-order valence-electron chi connectivity index (χ3n) is 5.27. The number of anilines is 1. The molecule has 1 aliphatic rings. The Hall–Kier alpha value is -2.08. The highest BCUT2D eigenvalue weighted by molar-refractivity contribution is 7.89. The van der Waals surface area contributed by atoms with E-state index in [4.69, 9.17) is 0 Å². The van der Waals surface area contributed by atoms with E-state index in [2.05, 4.69) is 10.3 Å². The Labute approximate surface area is 182 Å². The number of carbonyl (C=O) groups excluding carboxylic acids is 1. The van der Waals surface area contributed by atoms with E-state index >= 15 is 0 Å². The van der Waals surface area contributed by atoms with Crippen molar-refractivity contribution in [2.24, 2.45) is 5.92 Å². The molecule has 0 unspecified atom stereocenters. The zero-order valence-corrected chi connectivity index (χ0v) is 19.1. The van der Waals surface area contributed by atoms with Gasteiger partial charge in [0.1, 0.15) is 0 Å². The second-order valence-corrected chi connectivity index (χ2v) is 11.0. The molecule has 3 aromatic rings. The van der Waals surface area contributed by atoms with Crippen molar-refractivity contribution in [1.82, 2.24) is 13.9 Å². The van der Waals surface area contributed by atoms with Crippen molar-refractivity contribution in [3.63, 3.8) is 0 Å². The fraction of sp³-hybridized carbons (Fsp3) is 0.421. The molecule has 1 N–H and O–H groups in total. The third-order valence-corrected chi connectivity index (χ3v) is 8.98. The summed E-state index contributed by atoms with van der Waals surface area (Å²) < 4.78 is 29.9. The lowest BCUT2D eigenvalue weighted by Crippen LogP contribution is -2.41. The Kier molecular flexibility index (Phi) is 5.80. The summed E-state index contributed by atoms with van der Waals surface area (Å²) in [5.41, 5.74) is 1.60. The first kappa shape index (κ1) is 21.2. The maximum atomic E-state index is 13.1. The van der Waals surface area contributed by atoms with Crippen LogP contribution in [0.4, 0.5) is 5.13 Å². The molecule has 1 saturated heterocycles. The van der Waals surface area contributed by atoms with Crippen molar-refractivity contribution in [3.8, 4) is 0 Å². The van der Waals surface area contributed by atoms with E-state index in [9.17, 15) is 18.0 Å². The van der Waals surface area contributed by atoms with Gasteiger partial charge in [-0.15, -0.1) is 11.3 Å². The number of nitrogens with one attached hydrogen (secondary N) is 1. The number of rotatable bonds is 5. The minimum atomic E-state index is -3.68. The van der Waals surface area contributed by atoms with E-state index in [0.717, 1.165) is 22.5 Å². The number of fused-ring (bicyclic) bond motifs is 1. The summed E-state index contributed by atoms with van der Waals surface area (Å²) in [6.07, 6.45) is 0.911. The van der Waals surface area contributed by atoms with Crippen LogP contribution in [-0.4, -0.2) is 41.3 Å². The summed E-state index contributed by atoms with van der Waals surface area (Å²) in [6, 6.07) is 4.83. The first-order valence-electron chi connectivity index (χ1n) is 9.66. The van der Waals surface area contributed by atoms with Crippen molar-refractivity contribution in [1.29, 1.82) is 0 Å². The van der Waals surface area contributed by atoms with Crippen LogP contribution in [0.25, 0.3) is 10.2 Å². The number of benzene rings is 1. The molecule has 0 atom stereocenters. The Bertz CT molecular complexity index is 1250. The molecule has 1 fully saturated rings. The highest BCUT2D eigenvalue weighted by atomic mass is 32.2. The van der Waals surface area contributed by atoms with Crippen LogP contribution >= 0.6 is 22.7 Å². The summed E-state index contributed by atoms with van der Waals surface area (Å²) in [6.45, 7) is 4.85. The van der Waals surface area contributed by atoms with Crippen LogP contribution in [0.1, 0.15) is 25.5 Å². The maximum Gasteiger partial charge on any atom is 0.308 e. The number of amides is 1. The Morgan fingerprint density at radius 2 is 2.03 bits per heavy atom. The molecule has 160 valence electrons. The van der Waals surface area contributed by atoms with E-state index in [1.807, 2.05) is 19.2 Å². The highest BCUT2D eigenvalue weighted by Gasteiger charge is 2.32. The van der Waals surface area contributed by atoms with Crippen molar-refractivity contribution >= 4 is 54.0 Å². The van der Waals surface area contributed by atoms with E-state index in [1.165, 1.54) is 15.6 Å². The molecule has 1 aromatic carbocycles. The normalized spacial score (nSPS) is 16.2. The summed E-state index contributed by atoms with van der Waals surface area (Å²) in [5, 5.41) is 5.26. The van der Waals surface area contributed by atoms with Crippen LogP contribution in [0.2, 0.25) is 0 Å². The summed E-state index contributed by atoms with van der Waals surface area (Å²) in [4.78, 5) is 28.8. The third kappa shape index (κ3) is 3.94. The van der Waals surface area contributed by atoms with Gasteiger partial charge in [-0.05, 0) is 44.9 Å². The van der Waals surface area contributed by atoms with Crippen molar-refractivity contribution in [3.05, 3.63) is 38.9 Å². The first-order chi connectivity index (χ1) is 14.3. The minimum Gasteiger partial charge on any atom is -0.302 e.